The molecule has 5 heteroatoms. The molecule has 0 fully saturated rings. The minimum atomic E-state index is 0.00149. The Morgan fingerprint density at radius 2 is 2.06 bits per heavy atom. The third-order valence-corrected chi connectivity index (χ3v) is 2.63. The van der Waals surface area contributed by atoms with Gasteiger partial charge in [0.15, 0.2) is 0 Å². The zero-order valence-electron chi connectivity index (χ0n) is 11.3. The van der Waals surface area contributed by atoms with E-state index in [1.165, 1.54) is 5.56 Å². The van der Waals surface area contributed by atoms with Crippen molar-refractivity contribution >= 4 is 5.91 Å². The molecule has 0 aliphatic rings. The first-order valence-corrected chi connectivity index (χ1v) is 5.92. The highest BCUT2D eigenvalue weighted by Crippen LogP contribution is 2.12. The van der Waals surface area contributed by atoms with Crippen LogP contribution in [0.3, 0.4) is 0 Å². The van der Waals surface area contributed by atoms with Crippen molar-refractivity contribution < 1.29 is 4.79 Å². The van der Waals surface area contributed by atoms with Gasteiger partial charge in [-0.2, -0.15) is 5.10 Å². The fraction of sp³-hybridized carbons (Fsp3) is 0.667. The highest BCUT2D eigenvalue weighted by atomic mass is 16.2. The average molecular weight is 238 g/mol. The molecule has 1 aromatic rings. The van der Waals surface area contributed by atoms with Gasteiger partial charge in [-0.3, -0.25) is 9.48 Å². The van der Waals surface area contributed by atoms with Crippen LogP contribution >= 0.6 is 0 Å². The van der Waals surface area contributed by atoms with Crippen LogP contribution in [-0.2, 0) is 17.9 Å². The van der Waals surface area contributed by atoms with Gasteiger partial charge in [0.05, 0.1) is 5.69 Å². The van der Waals surface area contributed by atoms with E-state index < -0.39 is 0 Å². The number of nitrogens with zero attached hydrogens (tertiary/aromatic N) is 2. The van der Waals surface area contributed by atoms with Crippen molar-refractivity contribution in [2.24, 2.45) is 0 Å². The molecule has 0 spiro atoms. The molecule has 0 saturated carbocycles. The molecular weight excluding hydrogens is 216 g/mol. The SMILES string of the molecule is CNCc1c(C)nn(CC(=O)NC(C)C)c1C. The first-order chi connectivity index (χ1) is 7.95. The number of hydrogen-bond acceptors (Lipinski definition) is 3. The van der Waals surface area contributed by atoms with Gasteiger partial charge in [0.1, 0.15) is 6.54 Å². The second-order valence-corrected chi connectivity index (χ2v) is 4.56. The molecule has 0 atom stereocenters. The van der Waals surface area contributed by atoms with E-state index in [9.17, 15) is 4.79 Å². The number of carbonyl (C=O) groups is 1. The third kappa shape index (κ3) is 3.56. The highest BCUT2D eigenvalue weighted by Gasteiger charge is 2.13. The van der Waals surface area contributed by atoms with Crippen LogP contribution in [0.1, 0.15) is 30.8 Å². The first kappa shape index (κ1) is 13.7. The van der Waals surface area contributed by atoms with Crippen molar-refractivity contribution in [3.05, 3.63) is 17.0 Å². The van der Waals surface area contributed by atoms with Crippen molar-refractivity contribution in [3.63, 3.8) is 0 Å². The van der Waals surface area contributed by atoms with Crippen LogP contribution in [0.15, 0.2) is 0 Å². The topological polar surface area (TPSA) is 59.0 Å². The Labute approximate surface area is 103 Å². The number of nitrogens with one attached hydrogen (secondary N) is 2. The van der Waals surface area contributed by atoms with E-state index in [0.29, 0.717) is 0 Å². The number of rotatable bonds is 5. The van der Waals surface area contributed by atoms with Crippen LogP contribution in [0.25, 0.3) is 0 Å². The Balaban J connectivity index is 2.78. The molecule has 1 amide bonds. The van der Waals surface area contributed by atoms with Crippen molar-refractivity contribution in [1.29, 1.82) is 0 Å². The lowest BCUT2D eigenvalue weighted by Gasteiger charge is -2.09. The van der Waals surface area contributed by atoms with Crippen molar-refractivity contribution in [2.75, 3.05) is 7.05 Å². The summed E-state index contributed by atoms with van der Waals surface area (Å²) in [7, 11) is 1.90. The molecular formula is C12H22N4O. The van der Waals surface area contributed by atoms with Gasteiger partial charge in [-0.1, -0.05) is 0 Å². The number of amides is 1. The molecule has 96 valence electrons. The number of aryl methyl sites for hydroxylation is 1. The molecule has 0 aromatic carbocycles. The van der Waals surface area contributed by atoms with E-state index in [2.05, 4.69) is 15.7 Å². The molecule has 0 aliphatic heterocycles. The van der Waals surface area contributed by atoms with Gasteiger partial charge in [-0.05, 0) is 34.7 Å². The lowest BCUT2D eigenvalue weighted by molar-refractivity contribution is -0.122. The zero-order valence-corrected chi connectivity index (χ0v) is 11.3. The smallest absolute Gasteiger partial charge is 0.241 e. The normalized spacial score (nSPS) is 10.9. The van der Waals surface area contributed by atoms with E-state index in [4.69, 9.17) is 0 Å². The summed E-state index contributed by atoms with van der Waals surface area (Å²) in [6, 6.07) is 0.163. The standard InChI is InChI=1S/C12H22N4O/c1-8(2)14-12(17)7-16-10(4)11(6-13-5)9(3)15-16/h8,13H,6-7H2,1-5H3,(H,14,17). The molecule has 0 unspecified atom stereocenters. The van der Waals surface area contributed by atoms with E-state index in [1.807, 2.05) is 34.7 Å². The predicted molar refractivity (Wildman–Crippen MR) is 67.7 cm³/mol. The van der Waals surface area contributed by atoms with E-state index in [-0.39, 0.29) is 18.5 Å². The van der Waals surface area contributed by atoms with Gasteiger partial charge in [0.2, 0.25) is 5.91 Å². The minimum Gasteiger partial charge on any atom is -0.352 e. The van der Waals surface area contributed by atoms with Gasteiger partial charge >= 0.3 is 0 Å². The quantitative estimate of drug-likeness (QED) is 0.795. The summed E-state index contributed by atoms with van der Waals surface area (Å²) in [4.78, 5) is 11.7. The van der Waals surface area contributed by atoms with Crippen LogP contribution in [0.5, 0.6) is 0 Å². The monoisotopic (exact) mass is 238 g/mol. The van der Waals surface area contributed by atoms with Crippen molar-refractivity contribution in [3.8, 4) is 0 Å². The molecule has 2 N–H and O–H groups in total. The summed E-state index contributed by atoms with van der Waals surface area (Å²) >= 11 is 0. The Hall–Kier alpha value is -1.36. The van der Waals surface area contributed by atoms with Crippen LogP contribution in [0.4, 0.5) is 0 Å². The van der Waals surface area contributed by atoms with Gasteiger partial charge in [-0.25, -0.2) is 0 Å². The second-order valence-electron chi connectivity index (χ2n) is 4.56. The van der Waals surface area contributed by atoms with Crippen LogP contribution < -0.4 is 10.6 Å². The molecule has 1 rings (SSSR count). The maximum atomic E-state index is 11.7. The molecule has 0 bridgehead atoms. The first-order valence-electron chi connectivity index (χ1n) is 5.92. The van der Waals surface area contributed by atoms with Gasteiger partial charge in [0, 0.05) is 23.8 Å². The predicted octanol–water partition coefficient (Wildman–Crippen LogP) is 0.744. The minimum absolute atomic E-state index is 0.00149. The molecule has 0 radical (unpaired) electrons. The summed E-state index contributed by atoms with van der Waals surface area (Å²) in [5.41, 5.74) is 3.20. The molecule has 1 aromatic heterocycles. The number of hydrogen-bond donors (Lipinski definition) is 2. The fourth-order valence-corrected chi connectivity index (χ4v) is 1.82. The Kier molecular flexibility index (Phi) is 4.69. The lowest BCUT2D eigenvalue weighted by Crippen LogP contribution is -2.33. The maximum absolute atomic E-state index is 11.7. The lowest BCUT2D eigenvalue weighted by atomic mass is 10.2. The molecule has 5 nitrogen and oxygen atoms in total. The van der Waals surface area contributed by atoms with E-state index in [1.54, 1.807) is 4.68 Å². The zero-order chi connectivity index (χ0) is 13.0. The van der Waals surface area contributed by atoms with E-state index in [0.717, 1.165) is 17.9 Å². The Bertz CT molecular complexity index is 395. The number of carbonyl (C=O) groups excluding carboxylic acids is 1. The third-order valence-electron chi connectivity index (χ3n) is 2.63. The summed E-state index contributed by atoms with van der Waals surface area (Å²) in [5, 5.41) is 10.4. The molecule has 0 aliphatic carbocycles. The fourth-order valence-electron chi connectivity index (χ4n) is 1.82. The van der Waals surface area contributed by atoms with E-state index >= 15 is 0 Å². The van der Waals surface area contributed by atoms with Crippen LogP contribution in [0.2, 0.25) is 0 Å². The average Bonchev–Trinajstić information content (AvgIpc) is 2.45. The molecule has 0 saturated heterocycles. The Morgan fingerprint density at radius 3 is 2.59 bits per heavy atom. The summed E-state index contributed by atoms with van der Waals surface area (Å²) < 4.78 is 1.76. The highest BCUT2D eigenvalue weighted by molar-refractivity contribution is 5.76. The van der Waals surface area contributed by atoms with Gasteiger partial charge in [0.25, 0.3) is 0 Å². The largest absolute Gasteiger partial charge is 0.352 e. The second kappa shape index (κ2) is 5.82. The summed E-state index contributed by atoms with van der Waals surface area (Å²) in [5.74, 6) is 0.00149. The summed E-state index contributed by atoms with van der Waals surface area (Å²) in [6.07, 6.45) is 0. The van der Waals surface area contributed by atoms with Crippen molar-refractivity contribution in [2.45, 2.75) is 46.8 Å². The Morgan fingerprint density at radius 1 is 1.41 bits per heavy atom. The van der Waals surface area contributed by atoms with Gasteiger partial charge in [-0.15, -0.1) is 0 Å². The number of aromatic nitrogens is 2. The van der Waals surface area contributed by atoms with Crippen molar-refractivity contribution in [1.82, 2.24) is 20.4 Å². The molecule has 1 heterocycles. The van der Waals surface area contributed by atoms with Crippen LogP contribution in [0, 0.1) is 13.8 Å². The van der Waals surface area contributed by atoms with Gasteiger partial charge < -0.3 is 10.6 Å². The molecule has 17 heavy (non-hydrogen) atoms. The maximum Gasteiger partial charge on any atom is 0.241 e. The summed E-state index contributed by atoms with van der Waals surface area (Å²) in [6.45, 7) is 8.93. The van der Waals surface area contributed by atoms with Crippen LogP contribution in [-0.4, -0.2) is 28.8 Å².